The number of para-hydroxylation sites is 4. The van der Waals surface area contributed by atoms with Crippen molar-refractivity contribution in [3.05, 3.63) is 235 Å². The van der Waals surface area contributed by atoms with Gasteiger partial charge in [-0.25, -0.2) is 4.98 Å². The van der Waals surface area contributed by atoms with Crippen molar-refractivity contribution in [3.8, 4) is 39.3 Å². The van der Waals surface area contributed by atoms with E-state index in [1.807, 2.05) is 0 Å². The standard InChI is InChI=1S/C54H35N3/c1-4-18-36(19-5-1)38-34-46(37-20-6-2-7-21-37)55-51(35-38)57-47-29-15-11-25-41(47)53-50(57)33-32-45-52(53)40-24-10-12-26-42(40)54(45)43-27-13-16-30-48(43)56(39-22-8-3-9-23-39)49-31-17-14-28-44(49)54/h1-35H. The molecule has 1 spiro atoms. The summed E-state index contributed by atoms with van der Waals surface area (Å²) in [6.45, 7) is 0. The van der Waals surface area contributed by atoms with Crippen LogP contribution in [0, 0.1) is 0 Å². The van der Waals surface area contributed by atoms with Gasteiger partial charge in [0.1, 0.15) is 5.82 Å². The molecule has 0 bridgehead atoms. The van der Waals surface area contributed by atoms with Crippen molar-refractivity contribution in [2.24, 2.45) is 0 Å². The zero-order chi connectivity index (χ0) is 37.5. The fourth-order valence-electron chi connectivity index (χ4n) is 9.94. The molecule has 1 aliphatic heterocycles. The maximum atomic E-state index is 5.45. The van der Waals surface area contributed by atoms with Gasteiger partial charge in [-0.15, -0.1) is 0 Å². The molecule has 0 N–H and O–H groups in total. The number of pyridine rings is 1. The summed E-state index contributed by atoms with van der Waals surface area (Å²) in [5, 5.41) is 2.47. The van der Waals surface area contributed by atoms with Crippen molar-refractivity contribution in [1.29, 1.82) is 0 Å². The van der Waals surface area contributed by atoms with Crippen LogP contribution in [0.5, 0.6) is 0 Å². The number of rotatable bonds is 4. The fourth-order valence-corrected chi connectivity index (χ4v) is 9.94. The van der Waals surface area contributed by atoms with E-state index in [-0.39, 0.29) is 0 Å². The Labute approximate surface area is 331 Å². The van der Waals surface area contributed by atoms with Crippen LogP contribution in [-0.2, 0) is 5.41 Å². The van der Waals surface area contributed by atoms with Crippen LogP contribution in [0.2, 0.25) is 0 Å². The third kappa shape index (κ3) is 4.45. The van der Waals surface area contributed by atoms with Gasteiger partial charge in [0.05, 0.1) is 33.5 Å². The van der Waals surface area contributed by atoms with Gasteiger partial charge in [-0.05, 0) is 93.0 Å². The van der Waals surface area contributed by atoms with E-state index in [0.717, 1.165) is 44.9 Å². The molecule has 3 heteroatoms. The van der Waals surface area contributed by atoms with E-state index in [2.05, 4.69) is 222 Å². The molecule has 0 saturated heterocycles. The molecular formula is C54H35N3. The lowest BCUT2D eigenvalue weighted by Crippen LogP contribution is -2.36. The molecule has 2 aromatic heterocycles. The summed E-state index contributed by atoms with van der Waals surface area (Å²) in [7, 11) is 0. The zero-order valence-electron chi connectivity index (χ0n) is 31.0. The van der Waals surface area contributed by atoms with Crippen LogP contribution >= 0.6 is 0 Å². The average molecular weight is 726 g/mol. The largest absolute Gasteiger partial charge is 0.310 e. The summed E-state index contributed by atoms with van der Waals surface area (Å²) in [5.74, 6) is 0.897. The van der Waals surface area contributed by atoms with Gasteiger partial charge in [-0.3, -0.25) is 4.57 Å². The predicted molar refractivity (Wildman–Crippen MR) is 235 cm³/mol. The lowest BCUT2D eigenvalue weighted by Gasteiger charge is -2.45. The summed E-state index contributed by atoms with van der Waals surface area (Å²) in [6.07, 6.45) is 0. The first-order valence-corrected chi connectivity index (χ1v) is 19.6. The second kappa shape index (κ2) is 12.3. The van der Waals surface area contributed by atoms with Crippen molar-refractivity contribution in [2.75, 3.05) is 4.90 Å². The normalized spacial score (nSPS) is 13.4. The molecule has 0 atom stereocenters. The minimum absolute atomic E-state index is 0.534. The molecule has 10 aromatic rings. The molecule has 0 saturated carbocycles. The third-order valence-corrected chi connectivity index (χ3v) is 12.2. The van der Waals surface area contributed by atoms with Gasteiger partial charge in [-0.2, -0.15) is 0 Å². The Morgan fingerprint density at radius 2 is 0.982 bits per heavy atom. The summed E-state index contributed by atoms with van der Waals surface area (Å²) in [4.78, 5) is 7.89. The first kappa shape index (κ1) is 31.8. The summed E-state index contributed by atoms with van der Waals surface area (Å²) in [6, 6.07) is 77.2. The van der Waals surface area contributed by atoms with Gasteiger partial charge < -0.3 is 4.90 Å². The van der Waals surface area contributed by atoms with Crippen molar-refractivity contribution >= 4 is 38.9 Å². The topological polar surface area (TPSA) is 21.1 Å². The summed E-state index contributed by atoms with van der Waals surface area (Å²) < 4.78 is 2.39. The first-order valence-electron chi connectivity index (χ1n) is 19.6. The van der Waals surface area contributed by atoms with E-state index in [1.165, 1.54) is 55.5 Å². The van der Waals surface area contributed by atoms with Gasteiger partial charge in [0.15, 0.2) is 0 Å². The Morgan fingerprint density at radius 3 is 1.70 bits per heavy atom. The Kier molecular flexibility index (Phi) is 6.84. The predicted octanol–water partition coefficient (Wildman–Crippen LogP) is 13.7. The summed E-state index contributed by atoms with van der Waals surface area (Å²) >= 11 is 0. The maximum Gasteiger partial charge on any atom is 0.138 e. The Bertz CT molecular complexity index is 3080. The van der Waals surface area contributed by atoms with Crippen LogP contribution < -0.4 is 4.90 Å². The van der Waals surface area contributed by atoms with E-state index in [1.54, 1.807) is 0 Å². The molecule has 2 aliphatic rings. The Hall–Kier alpha value is -7.49. The van der Waals surface area contributed by atoms with Crippen LogP contribution in [0.25, 0.3) is 61.1 Å². The quantitative estimate of drug-likeness (QED) is 0.180. The smallest absolute Gasteiger partial charge is 0.138 e. The number of aromatic nitrogens is 2. The van der Waals surface area contributed by atoms with E-state index in [0.29, 0.717) is 0 Å². The van der Waals surface area contributed by atoms with Gasteiger partial charge in [0.25, 0.3) is 0 Å². The van der Waals surface area contributed by atoms with Gasteiger partial charge in [0.2, 0.25) is 0 Å². The van der Waals surface area contributed by atoms with E-state index >= 15 is 0 Å². The SMILES string of the molecule is c1ccc(-c2cc(-c3ccccc3)nc(-n3c4ccccc4c4c5c(ccc43)C3(c4ccccc4-5)c4ccccc4N(c4ccccc4)c4ccccc43)c2)cc1. The molecule has 12 rings (SSSR count). The highest BCUT2D eigenvalue weighted by Gasteiger charge is 2.52. The summed E-state index contributed by atoms with van der Waals surface area (Å²) in [5.41, 5.74) is 17.4. The molecule has 0 fully saturated rings. The first-order chi connectivity index (χ1) is 28.3. The fraction of sp³-hybridized carbons (Fsp3) is 0.0185. The number of nitrogens with zero attached hydrogens (tertiary/aromatic N) is 3. The van der Waals surface area contributed by atoms with E-state index < -0.39 is 5.41 Å². The molecule has 0 unspecified atom stereocenters. The van der Waals surface area contributed by atoms with Crippen LogP contribution in [0.1, 0.15) is 22.3 Å². The zero-order valence-corrected chi connectivity index (χ0v) is 31.0. The van der Waals surface area contributed by atoms with Crippen LogP contribution in [0.4, 0.5) is 17.1 Å². The molecule has 0 amide bonds. The second-order valence-electron chi connectivity index (χ2n) is 15.1. The molecule has 57 heavy (non-hydrogen) atoms. The van der Waals surface area contributed by atoms with Crippen LogP contribution in [0.15, 0.2) is 212 Å². The van der Waals surface area contributed by atoms with E-state index in [9.17, 15) is 0 Å². The van der Waals surface area contributed by atoms with Crippen molar-refractivity contribution in [1.82, 2.24) is 9.55 Å². The number of anilines is 3. The van der Waals surface area contributed by atoms with Crippen molar-refractivity contribution < 1.29 is 0 Å². The number of benzene rings is 8. The number of hydrogen-bond donors (Lipinski definition) is 0. The number of fused-ring (bicyclic) bond motifs is 13. The molecule has 8 aromatic carbocycles. The highest BCUT2D eigenvalue weighted by atomic mass is 15.2. The molecule has 266 valence electrons. The molecule has 3 heterocycles. The molecule has 3 nitrogen and oxygen atoms in total. The number of hydrogen-bond acceptors (Lipinski definition) is 2. The van der Waals surface area contributed by atoms with Gasteiger partial charge >= 0.3 is 0 Å². The molecule has 1 aliphatic carbocycles. The van der Waals surface area contributed by atoms with Crippen molar-refractivity contribution in [3.63, 3.8) is 0 Å². The molecular weight excluding hydrogens is 691 g/mol. The second-order valence-corrected chi connectivity index (χ2v) is 15.1. The van der Waals surface area contributed by atoms with Crippen LogP contribution in [0.3, 0.4) is 0 Å². The lowest BCUT2D eigenvalue weighted by molar-refractivity contribution is 0.753. The minimum Gasteiger partial charge on any atom is -0.310 e. The van der Waals surface area contributed by atoms with E-state index in [4.69, 9.17) is 4.98 Å². The van der Waals surface area contributed by atoms with Crippen molar-refractivity contribution in [2.45, 2.75) is 5.41 Å². The highest BCUT2D eigenvalue weighted by molar-refractivity contribution is 6.18. The van der Waals surface area contributed by atoms with Gasteiger partial charge in [-0.1, -0.05) is 164 Å². The van der Waals surface area contributed by atoms with Gasteiger partial charge in [0, 0.05) is 22.0 Å². The minimum atomic E-state index is -0.534. The lowest BCUT2D eigenvalue weighted by atomic mass is 9.64. The average Bonchev–Trinajstić information content (AvgIpc) is 3.78. The molecule has 0 radical (unpaired) electrons. The Morgan fingerprint density at radius 1 is 0.404 bits per heavy atom. The highest BCUT2D eigenvalue weighted by Crippen LogP contribution is 2.64. The Balaban J connectivity index is 1.19. The third-order valence-electron chi connectivity index (χ3n) is 12.2. The van der Waals surface area contributed by atoms with Crippen LogP contribution in [-0.4, -0.2) is 9.55 Å². The maximum absolute atomic E-state index is 5.45. The monoisotopic (exact) mass is 725 g/mol.